The van der Waals surface area contributed by atoms with Crippen molar-refractivity contribution in [3.8, 4) is 5.75 Å². The van der Waals surface area contributed by atoms with Crippen molar-refractivity contribution in [2.45, 2.75) is 37.6 Å². The highest BCUT2D eigenvalue weighted by Gasteiger charge is 2.54. The largest absolute Gasteiger partial charge is 0.502 e. The second-order valence-electron chi connectivity index (χ2n) is 10.3. The molecule has 4 aliphatic rings. The van der Waals surface area contributed by atoms with Gasteiger partial charge in [0.05, 0.1) is 18.9 Å². The quantitative estimate of drug-likeness (QED) is 0.376. The maximum Gasteiger partial charge on any atom is 0.278 e. The molecule has 0 saturated carbocycles. The molecule has 5 heterocycles. The fourth-order valence-corrected chi connectivity index (χ4v) is 6.37. The fraction of sp³-hybridized carbons (Fsp3) is 0.333. The van der Waals surface area contributed by atoms with Crippen LogP contribution in [0.15, 0.2) is 47.4 Å². The van der Waals surface area contributed by atoms with Gasteiger partial charge in [-0.3, -0.25) is 19.3 Å². The van der Waals surface area contributed by atoms with Crippen molar-refractivity contribution in [3.63, 3.8) is 0 Å². The summed E-state index contributed by atoms with van der Waals surface area (Å²) >= 11 is 0. The predicted octanol–water partition coefficient (Wildman–Crippen LogP) is 3.19. The van der Waals surface area contributed by atoms with Crippen LogP contribution in [-0.4, -0.2) is 52.8 Å². The van der Waals surface area contributed by atoms with Gasteiger partial charge in [-0.05, 0) is 18.6 Å². The number of carbonyl (C=O) groups excluding carboxylic acids is 1. The molecule has 4 atom stereocenters. The van der Waals surface area contributed by atoms with Crippen molar-refractivity contribution in [1.82, 2.24) is 9.58 Å². The number of fused-ring (bicyclic) bond motifs is 3. The zero-order chi connectivity index (χ0) is 27.4. The smallest absolute Gasteiger partial charge is 0.278 e. The molecule has 202 valence electrons. The highest BCUT2D eigenvalue weighted by molar-refractivity contribution is 5.96. The molecule has 4 aliphatic heterocycles. The second kappa shape index (κ2) is 7.98. The van der Waals surface area contributed by atoms with Crippen LogP contribution in [0.2, 0.25) is 0 Å². The Morgan fingerprint density at radius 2 is 1.87 bits per heavy atom. The molecule has 0 radical (unpaired) electrons. The number of anilines is 1. The van der Waals surface area contributed by atoms with Crippen molar-refractivity contribution in [3.05, 3.63) is 92.4 Å². The predicted molar refractivity (Wildman–Crippen MR) is 130 cm³/mol. The average Bonchev–Trinajstić information content (AvgIpc) is 3.03. The molecule has 1 fully saturated rings. The van der Waals surface area contributed by atoms with Gasteiger partial charge in [-0.1, -0.05) is 24.3 Å². The van der Waals surface area contributed by atoms with E-state index < -0.39 is 59.4 Å². The van der Waals surface area contributed by atoms with Gasteiger partial charge in [-0.25, -0.2) is 17.6 Å². The van der Waals surface area contributed by atoms with E-state index in [4.69, 9.17) is 4.74 Å². The SMILES string of the molecule is CC1(F)c2cccc3c2N(Cc2c(ccc(F)c2F)[C@@H]3N2[C@@H]3COCCN3C(=O)c3c(O)c(=O)ccn32)C1F. The maximum absolute atomic E-state index is 15.8. The summed E-state index contributed by atoms with van der Waals surface area (Å²) < 4.78 is 68.5. The minimum Gasteiger partial charge on any atom is -0.502 e. The number of pyridine rings is 1. The number of benzene rings is 2. The standard InChI is InChI=1S/C27H22F4N4O4/c1-27(31)16-4-2-3-14-21(13-5-6-17(28)20(29)15(13)11-33(22(14)16)26(27)30)35-19-12-39-10-9-32(19)25(38)23-24(37)18(36)7-8-34(23)35/h2-8,19,21,26,37H,9-12H2,1H3/t19-,21+,26?,27?/m1/s1. The average molecular weight is 542 g/mol. The van der Waals surface area contributed by atoms with Gasteiger partial charge in [-0.15, -0.1) is 0 Å². The number of alkyl halides is 2. The van der Waals surface area contributed by atoms with Crippen LogP contribution < -0.4 is 15.3 Å². The van der Waals surface area contributed by atoms with E-state index in [1.165, 1.54) is 27.9 Å². The minimum atomic E-state index is -2.43. The first kappa shape index (κ1) is 24.0. The Balaban J connectivity index is 1.58. The van der Waals surface area contributed by atoms with Crippen LogP contribution in [0, 0.1) is 11.6 Å². The molecule has 8 nitrogen and oxygen atoms in total. The molecule has 39 heavy (non-hydrogen) atoms. The van der Waals surface area contributed by atoms with E-state index in [0.29, 0.717) is 5.56 Å². The number of morpholine rings is 1. The van der Waals surface area contributed by atoms with Crippen LogP contribution >= 0.6 is 0 Å². The van der Waals surface area contributed by atoms with E-state index in [9.17, 15) is 19.1 Å². The summed E-state index contributed by atoms with van der Waals surface area (Å²) in [6.07, 6.45) is -1.68. The number of halogens is 4. The first-order valence-corrected chi connectivity index (χ1v) is 12.4. The van der Waals surface area contributed by atoms with Crippen LogP contribution in [0.1, 0.15) is 45.7 Å². The van der Waals surface area contributed by atoms with Crippen molar-refractivity contribution in [1.29, 1.82) is 0 Å². The lowest BCUT2D eigenvalue weighted by molar-refractivity contribution is -0.0196. The summed E-state index contributed by atoms with van der Waals surface area (Å²) in [5.41, 5.74) is -2.79. The van der Waals surface area contributed by atoms with Crippen LogP contribution in [0.4, 0.5) is 23.2 Å². The van der Waals surface area contributed by atoms with Gasteiger partial charge in [0.25, 0.3) is 5.91 Å². The summed E-state index contributed by atoms with van der Waals surface area (Å²) in [4.78, 5) is 28.3. The number of ether oxygens (including phenoxy) is 1. The fourth-order valence-electron chi connectivity index (χ4n) is 6.37. The molecule has 0 spiro atoms. The van der Waals surface area contributed by atoms with Gasteiger partial charge < -0.3 is 19.6 Å². The highest BCUT2D eigenvalue weighted by atomic mass is 19.2. The zero-order valence-electron chi connectivity index (χ0n) is 20.6. The van der Waals surface area contributed by atoms with Crippen molar-refractivity contribution >= 4 is 11.6 Å². The molecule has 1 aromatic heterocycles. The van der Waals surface area contributed by atoms with Crippen LogP contribution in [0.25, 0.3) is 0 Å². The molecule has 3 aromatic rings. The van der Waals surface area contributed by atoms with E-state index in [0.717, 1.165) is 24.0 Å². The summed E-state index contributed by atoms with van der Waals surface area (Å²) in [6.45, 7) is 1.01. The maximum atomic E-state index is 15.8. The van der Waals surface area contributed by atoms with Crippen LogP contribution in [-0.2, 0) is 17.0 Å². The molecule has 12 heteroatoms. The van der Waals surface area contributed by atoms with Crippen LogP contribution in [0.5, 0.6) is 5.75 Å². The Kier molecular flexibility index (Phi) is 4.91. The molecule has 1 amide bonds. The van der Waals surface area contributed by atoms with E-state index in [1.807, 2.05) is 0 Å². The van der Waals surface area contributed by atoms with E-state index in [2.05, 4.69) is 0 Å². The van der Waals surface area contributed by atoms with Crippen molar-refractivity contribution < 1.29 is 32.2 Å². The number of hydrogen-bond acceptors (Lipinski definition) is 6. The summed E-state index contributed by atoms with van der Waals surface area (Å²) in [7, 11) is 0. The molecule has 1 N–H and O–H groups in total. The van der Waals surface area contributed by atoms with Gasteiger partial charge in [0, 0.05) is 42.0 Å². The lowest BCUT2D eigenvalue weighted by Gasteiger charge is -2.51. The van der Waals surface area contributed by atoms with E-state index >= 15 is 13.2 Å². The van der Waals surface area contributed by atoms with Gasteiger partial charge in [0.1, 0.15) is 12.2 Å². The molecule has 2 aromatic carbocycles. The molecular weight excluding hydrogens is 520 g/mol. The Labute approximate surface area is 219 Å². The number of rotatable bonds is 1. The Hall–Kier alpha value is -4.06. The first-order chi connectivity index (χ1) is 18.6. The third kappa shape index (κ3) is 3.03. The summed E-state index contributed by atoms with van der Waals surface area (Å²) in [5, 5.41) is 12.3. The molecule has 0 bridgehead atoms. The molecule has 7 rings (SSSR count). The second-order valence-corrected chi connectivity index (χ2v) is 10.3. The van der Waals surface area contributed by atoms with Crippen LogP contribution in [0.3, 0.4) is 0 Å². The third-order valence-electron chi connectivity index (χ3n) is 8.19. The Morgan fingerprint density at radius 3 is 2.67 bits per heavy atom. The normalized spacial score (nSPS) is 27.1. The number of para-hydroxylation sites is 1. The topological polar surface area (TPSA) is 78.2 Å². The number of amides is 1. The number of carbonyl (C=O) groups is 1. The summed E-state index contributed by atoms with van der Waals surface area (Å²) in [6, 6.07) is 7.07. The van der Waals surface area contributed by atoms with E-state index in [-0.39, 0.29) is 47.8 Å². The molecular formula is C27H22F4N4O4. The Bertz CT molecular complexity index is 1630. The first-order valence-electron chi connectivity index (χ1n) is 12.4. The zero-order valence-corrected chi connectivity index (χ0v) is 20.6. The molecule has 0 aliphatic carbocycles. The summed E-state index contributed by atoms with van der Waals surface area (Å²) in [5.74, 6) is -3.71. The Morgan fingerprint density at radius 1 is 1.08 bits per heavy atom. The van der Waals surface area contributed by atoms with Gasteiger partial charge in [-0.2, -0.15) is 0 Å². The van der Waals surface area contributed by atoms with Gasteiger partial charge >= 0.3 is 0 Å². The number of nitrogens with zero attached hydrogens (tertiary/aromatic N) is 4. The van der Waals surface area contributed by atoms with Gasteiger partial charge in [0.2, 0.25) is 11.7 Å². The van der Waals surface area contributed by atoms with Gasteiger partial charge in [0.15, 0.2) is 28.7 Å². The number of aromatic hydroxyl groups is 1. The minimum absolute atomic E-state index is 0.0128. The highest BCUT2D eigenvalue weighted by Crippen LogP contribution is 2.54. The number of aromatic nitrogens is 1. The van der Waals surface area contributed by atoms with Crippen molar-refractivity contribution in [2.75, 3.05) is 29.7 Å². The number of hydrogen-bond donors (Lipinski definition) is 1. The monoisotopic (exact) mass is 542 g/mol. The third-order valence-corrected chi connectivity index (χ3v) is 8.19. The molecule has 2 unspecified atom stereocenters. The lowest BCUT2D eigenvalue weighted by atomic mass is 9.89. The van der Waals surface area contributed by atoms with E-state index in [1.54, 1.807) is 17.1 Å². The van der Waals surface area contributed by atoms with Crippen molar-refractivity contribution in [2.24, 2.45) is 0 Å². The lowest BCUT2D eigenvalue weighted by Crippen LogP contribution is -2.66. The molecule has 1 saturated heterocycles.